The monoisotopic (exact) mass is 394 g/mol. The van der Waals surface area contributed by atoms with Gasteiger partial charge in [-0.2, -0.15) is 0 Å². The molecule has 5 amide bonds. The van der Waals surface area contributed by atoms with E-state index in [1.54, 1.807) is 49.4 Å². The zero-order valence-electron chi connectivity index (χ0n) is 15.5. The van der Waals surface area contributed by atoms with Gasteiger partial charge in [-0.1, -0.05) is 12.1 Å². The number of anilines is 2. The van der Waals surface area contributed by atoms with E-state index >= 15 is 0 Å². The van der Waals surface area contributed by atoms with E-state index in [2.05, 4.69) is 16.0 Å². The molecule has 1 atom stereocenters. The van der Waals surface area contributed by atoms with E-state index in [9.17, 15) is 19.2 Å². The predicted octanol–water partition coefficient (Wildman–Crippen LogP) is 1.71. The predicted molar refractivity (Wildman–Crippen MR) is 104 cm³/mol. The zero-order chi connectivity index (χ0) is 20.5. The van der Waals surface area contributed by atoms with Crippen LogP contribution in [0.5, 0.6) is 5.75 Å². The number of carbonyl (C=O) groups is 4. The van der Waals surface area contributed by atoms with Crippen LogP contribution in [0.2, 0.25) is 0 Å². The van der Waals surface area contributed by atoms with Gasteiger partial charge in [-0.05, 0) is 42.8 Å². The van der Waals surface area contributed by atoms with Gasteiger partial charge in [0.15, 0.2) is 6.10 Å². The molecule has 1 saturated heterocycles. The Morgan fingerprint density at radius 2 is 1.93 bits per heavy atom. The van der Waals surface area contributed by atoms with Crippen molar-refractivity contribution in [2.75, 3.05) is 17.2 Å². The molecule has 0 unspecified atom stereocenters. The average molecular weight is 394 g/mol. The van der Waals surface area contributed by atoms with Crippen molar-refractivity contribution in [1.82, 2.24) is 10.2 Å². The Bertz CT molecular complexity index is 1000. The lowest BCUT2D eigenvalue weighted by molar-refractivity contribution is -0.125. The number of nitrogens with zero attached hydrogens (tertiary/aromatic N) is 1. The van der Waals surface area contributed by atoms with E-state index in [1.165, 1.54) is 0 Å². The molecular weight excluding hydrogens is 376 g/mol. The molecule has 0 radical (unpaired) electrons. The van der Waals surface area contributed by atoms with Crippen LogP contribution in [0.3, 0.4) is 0 Å². The highest BCUT2D eigenvalue weighted by atomic mass is 16.5. The number of urea groups is 1. The summed E-state index contributed by atoms with van der Waals surface area (Å²) < 4.78 is 5.49. The molecule has 4 rings (SSSR count). The van der Waals surface area contributed by atoms with Gasteiger partial charge in [0.25, 0.3) is 11.8 Å². The number of benzene rings is 2. The first-order valence-corrected chi connectivity index (χ1v) is 9.01. The maximum atomic E-state index is 12.5. The van der Waals surface area contributed by atoms with E-state index < -0.39 is 12.1 Å². The number of nitrogens with one attached hydrogen (secondary N) is 3. The maximum absolute atomic E-state index is 12.5. The van der Waals surface area contributed by atoms with Crippen molar-refractivity contribution in [3.05, 3.63) is 53.6 Å². The summed E-state index contributed by atoms with van der Waals surface area (Å²) in [6.07, 6.45) is -0.566. The SMILES string of the molecule is C[C@H]1Oc2ccc(NC(=O)c3ccc(CN4C(=O)CNC4=O)cc3)cc2NC1=O. The Hall–Kier alpha value is -3.88. The number of amides is 5. The lowest BCUT2D eigenvalue weighted by Gasteiger charge is -2.23. The molecule has 3 N–H and O–H groups in total. The standard InChI is InChI=1S/C20H18N4O5/c1-11-18(26)23-15-8-14(6-7-16(15)29-11)22-19(27)13-4-2-12(3-5-13)10-24-17(25)9-21-20(24)28/h2-8,11H,9-10H2,1H3,(H,21,28)(H,22,27)(H,23,26)/t11-/m1/s1. The zero-order valence-corrected chi connectivity index (χ0v) is 15.5. The molecule has 9 heteroatoms. The summed E-state index contributed by atoms with van der Waals surface area (Å²) >= 11 is 0. The van der Waals surface area contributed by atoms with E-state index in [1.807, 2.05) is 0 Å². The third-order valence-corrected chi connectivity index (χ3v) is 4.66. The molecule has 2 heterocycles. The smallest absolute Gasteiger partial charge is 0.324 e. The molecule has 0 saturated carbocycles. The van der Waals surface area contributed by atoms with Crippen LogP contribution >= 0.6 is 0 Å². The number of hydrogen-bond acceptors (Lipinski definition) is 5. The van der Waals surface area contributed by atoms with Crippen molar-refractivity contribution in [3.63, 3.8) is 0 Å². The molecule has 29 heavy (non-hydrogen) atoms. The van der Waals surface area contributed by atoms with Gasteiger partial charge in [0, 0.05) is 11.3 Å². The fourth-order valence-electron chi connectivity index (χ4n) is 3.05. The third kappa shape index (κ3) is 3.75. The number of fused-ring (bicyclic) bond motifs is 1. The van der Waals surface area contributed by atoms with Crippen molar-refractivity contribution in [2.45, 2.75) is 19.6 Å². The first-order chi connectivity index (χ1) is 13.9. The summed E-state index contributed by atoms with van der Waals surface area (Å²) in [4.78, 5) is 48.6. The minimum absolute atomic E-state index is 0.00447. The summed E-state index contributed by atoms with van der Waals surface area (Å²) in [6, 6.07) is 11.2. The van der Waals surface area contributed by atoms with E-state index in [0.717, 1.165) is 10.5 Å². The highest BCUT2D eigenvalue weighted by molar-refractivity contribution is 6.05. The summed E-state index contributed by atoms with van der Waals surface area (Å²) in [5.41, 5.74) is 2.15. The van der Waals surface area contributed by atoms with Gasteiger partial charge < -0.3 is 20.7 Å². The fraction of sp³-hybridized carbons (Fsp3) is 0.200. The third-order valence-electron chi connectivity index (χ3n) is 4.66. The second-order valence-electron chi connectivity index (χ2n) is 6.75. The van der Waals surface area contributed by atoms with Gasteiger partial charge in [-0.25, -0.2) is 4.79 Å². The molecule has 0 aliphatic carbocycles. The Kier molecular flexibility index (Phi) is 4.63. The fourth-order valence-corrected chi connectivity index (χ4v) is 3.05. The van der Waals surface area contributed by atoms with Gasteiger partial charge in [0.1, 0.15) is 5.75 Å². The van der Waals surface area contributed by atoms with Crippen LogP contribution < -0.4 is 20.7 Å². The van der Waals surface area contributed by atoms with Gasteiger partial charge in [0.05, 0.1) is 18.8 Å². The van der Waals surface area contributed by atoms with Gasteiger partial charge in [-0.15, -0.1) is 0 Å². The minimum atomic E-state index is -0.566. The number of carbonyl (C=O) groups excluding carboxylic acids is 4. The summed E-state index contributed by atoms with van der Waals surface area (Å²) in [5, 5.41) is 7.96. The molecule has 1 fully saturated rings. The van der Waals surface area contributed by atoms with E-state index in [4.69, 9.17) is 4.74 Å². The van der Waals surface area contributed by atoms with Crippen molar-refractivity contribution in [2.24, 2.45) is 0 Å². The molecular formula is C20H18N4O5. The molecule has 0 aromatic heterocycles. The first-order valence-electron chi connectivity index (χ1n) is 9.01. The highest BCUT2D eigenvalue weighted by Crippen LogP contribution is 2.32. The Morgan fingerprint density at radius 3 is 2.62 bits per heavy atom. The van der Waals surface area contributed by atoms with Gasteiger partial charge >= 0.3 is 6.03 Å². The van der Waals surface area contributed by atoms with Crippen LogP contribution in [0.15, 0.2) is 42.5 Å². The Balaban J connectivity index is 1.42. The van der Waals surface area contributed by atoms with E-state index in [0.29, 0.717) is 22.7 Å². The quantitative estimate of drug-likeness (QED) is 0.683. The molecule has 148 valence electrons. The second-order valence-corrected chi connectivity index (χ2v) is 6.75. The summed E-state index contributed by atoms with van der Waals surface area (Å²) in [6.45, 7) is 1.81. The van der Waals surface area contributed by atoms with Crippen LogP contribution in [0.25, 0.3) is 0 Å². The number of ether oxygens (including phenoxy) is 1. The summed E-state index contributed by atoms with van der Waals surface area (Å²) in [7, 11) is 0. The topological polar surface area (TPSA) is 117 Å². The van der Waals surface area contributed by atoms with Gasteiger partial charge in [-0.3, -0.25) is 19.3 Å². The van der Waals surface area contributed by atoms with Crippen molar-refractivity contribution < 1.29 is 23.9 Å². The summed E-state index contributed by atoms with van der Waals surface area (Å²) in [5.74, 6) is -0.320. The molecule has 2 aliphatic heterocycles. The van der Waals surface area contributed by atoms with Crippen molar-refractivity contribution in [3.8, 4) is 5.75 Å². The average Bonchev–Trinajstić information content (AvgIpc) is 3.01. The van der Waals surface area contributed by atoms with Gasteiger partial charge in [0.2, 0.25) is 5.91 Å². The first kappa shape index (κ1) is 18.5. The van der Waals surface area contributed by atoms with Crippen LogP contribution in [-0.4, -0.2) is 41.3 Å². The number of hydrogen-bond donors (Lipinski definition) is 3. The normalized spacial score (nSPS) is 17.9. The molecule has 0 spiro atoms. The number of imide groups is 1. The molecule has 2 aromatic rings. The van der Waals surface area contributed by atoms with Crippen LogP contribution in [0, 0.1) is 0 Å². The van der Waals surface area contributed by atoms with Crippen LogP contribution in [-0.2, 0) is 16.1 Å². The largest absolute Gasteiger partial charge is 0.479 e. The maximum Gasteiger partial charge on any atom is 0.324 e. The second kappa shape index (κ2) is 7.27. The van der Waals surface area contributed by atoms with Crippen LogP contribution in [0.4, 0.5) is 16.2 Å². The highest BCUT2D eigenvalue weighted by Gasteiger charge is 2.28. The lowest BCUT2D eigenvalue weighted by Crippen LogP contribution is -2.34. The lowest BCUT2D eigenvalue weighted by atomic mass is 10.1. The molecule has 2 aromatic carbocycles. The van der Waals surface area contributed by atoms with Crippen LogP contribution in [0.1, 0.15) is 22.8 Å². The molecule has 9 nitrogen and oxygen atoms in total. The number of rotatable bonds is 4. The Labute approximate surface area is 166 Å². The minimum Gasteiger partial charge on any atom is -0.479 e. The van der Waals surface area contributed by atoms with E-state index in [-0.39, 0.29) is 30.8 Å². The Morgan fingerprint density at radius 1 is 1.17 bits per heavy atom. The van der Waals surface area contributed by atoms with Crippen molar-refractivity contribution in [1.29, 1.82) is 0 Å². The van der Waals surface area contributed by atoms with Crippen molar-refractivity contribution >= 4 is 35.1 Å². The molecule has 0 bridgehead atoms. The molecule has 2 aliphatic rings.